The maximum absolute atomic E-state index is 8.95. The molecule has 1 aromatic carbocycles. The molecule has 0 spiro atoms. The summed E-state index contributed by atoms with van der Waals surface area (Å²) in [5, 5.41) is 9.67. The van der Waals surface area contributed by atoms with Crippen molar-refractivity contribution in [3.05, 3.63) is 46.1 Å². The SMILES string of the molecule is Cc1cc(Cl)c(C(C)C)cc1Oc1ccc(N)c(C#N)n1. The number of nitrogens with zero attached hydrogens (tertiary/aromatic N) is 2. The van der Waals surface area contributed by atoms with E-state index in [1.165, 1.54) is 0 Å². The van der Waals surface area contributed by atoms with Gasteiger partial charge in [0, 0.05) is 11.1 Å². The Bertz CT molecular complexity index is 720. The van der Waals surface area contributed by atoms with Gasteiger partial charge in [-0.25, -0.2) is 4.98 Å². The molecular formula is C16H16ClN3O. The molecule has 0 fully saturated rings. The van der Waals surface area contributed by atoms with Gasteiger partial charge in [-0.1, -0.05) is 25.4 Å². The lowest BCUT2D eigenvalue weighted by molar-refractivity contribution is 0.458. The van der Waals surface area contributed by atoms with Crippen molar-refractivity contribution in [2.45, 2.75) is 26.7 Å². The van der Waals surface area contributed by atoms with Crippen molar-refractivity contribution in [2.24, 2.45) is 0 Å². The topological polar surface area (TPSA) is 71.9 Å². The summed E-state index contributed by atoms with van der Waals surface area (Å²) in [4.78, 5) is 4.08. The highest BCUT2D eigenvalue weighted by molar-refractivity contribution is 6.31. The van der Waals surface area contributed by atoms with Crippen LogP contribution in [0.2, 0.25) is 5.02 Å². The van der Waals surface area contributed by atoms with Gasteiger partial charge in [0.2, 0.25) is 5.88 Å². The van der Waals surface area contributed by atoms with Gasteiger partial charge in [-0.3, -0.25) is 0 Å². The number of nitrogen functional groups attached to an aromatic ring is 1. The fourth-order valence-electron chi connectivity index (χ4n) is 1.93. The number of ether oxygens (including phenoxy) is 1. The Labute approximate surface area is 129 Å². The number of benzene rings is 1. The number of anilines is 1. The van der Waals surface area contributed by atoms with Gasteiger partial charge in [-0.2, -0.15) is 5.26 Å². The van der Waals surface area contributed by atoms with Crippen LogP contribution < -0.4 is 10.5 Å². The first kappa shape index (κ1) is 15.1. The van der Waals surface area contributed by atoms with E-state index in [0.29, 0.717) is 17.3 Å². The minimum Gasteiger partial charge on any atom is -0.439 e. The highest BCUT2D eigenvalue weighted by Gasteiger charge is 2.12. The van der Waals surface area contributed by atoms with Crippen LogP contribution in [0.1, 0.15) is 36.6 Å². The molecule has 0 aliphatic rings. The molecule has 1 heterocycles. The summed E-state index contributed by atoms with van der Waals surface area (Å²) in [6, 6.07) is 8.96. The number of nitriles is 1. The van der Waals surface area contributed by atoms with Crippen LogP contribution in [-0.2, 0) is 0 Å². The second-order valence-corrected chi connectivity index (χ2v) is 5.50. The van der Waals surface area contributed by atoms with Crippen LogP contribution in [0, 0.1) is 18.3 Å². The molecule has 0 unspecified atom stereocenters. The van der Waals surface area contributed by atoms with E-state index in [1.54, 1.807) is 12.1 Å². The van der Waals surface area contributed by atoms with E-state index in [9.17, 15) is 0 Å². The Morgan fingerprint density at radius 1 is 1.33 bits per heavy atom. The summed E-state index contributed by atoms with van der Waals surface area (Å²) >= 11 is 6.24. The Balaban J connectivity index is 2.40. The number of aryl methyl sites for hydroxylation is 1. The van der Waals surface area contributed by atoms with Gasteiger partial charge < -0.3 is 10.5 Å². The number of hydrogen-bond donors (Lipinski definition) is 1. The number of nitrogens with two attached hydrogens (primary N) is 1. The average Bonchev–Trinajstić information content (AvgIpc) is 2.43. The van der Waals surface area contributed by atoms with Gasteiger partial charge in [-0.15, -0.1) is 0 Å². The molecule has 0 saturated heterocycles. The lowest BCUT2D eigenvalue weighted by atomic mass is 10.0. The molecule has 1 aromatic heterocycles. The second kappa shape index (κ2) is 6.02. The zero-order valence-corrected chi connectivity index (χ0v) is 12.9. The molecule has 21 heavy (non-hydrogen) atoms. The van der Waals surface area contributed by atoms with Gasteiger partial charge in [-0.05, 0) is 42.2 Å². The van der Waals surface area contributed by atoms with E-state index in [0.717, 1.165) is 16.1 Å². The largest absolute Gasteiger partial charge is 0.439 e. The third-order valence-corrected chi connectivity index (χ3v) is 3.46. The third kappa shape index (κ3) is 3.26. The first-order valence-electron chi connectivity index (χ1n) is 6.57. The fourth-order valence-corrected chi connectivity index (χ4v) is 2.37. The van der Waals surface area contributed by atoms with Crippen LogP contribution in [0.4, 0.5) is 5.69 Å². The minimum atomic E-state index is 0.156. The average molecular weight is 302 g/mol. The zero-order chi connectivity index (χ0) is 15.6. The van der Waals surface area contributed by atoms with Gasteiger partial charge in [0.05, 0.1) is 5.69 Å². The summed E-state index contributed by atoms with van der Waals surface area (Å²) in [6.07, 6.45) is 0. The number of rotatable bonds is 3. The molecule has 0 saturated carbocycles. The Hall–Kier alpha value is -2.25. The monoisotopic (exact) mass is 301 g/mol. The summed E-state index contributed by atoms with van der Waals surface area (Å²) < 4.78 is 5.78. The molecule has 0 radical (unpaired) electrons. The van der Waals surface area contributed by atoms with E-state index < -0.39 is 0 Å². The molecule has 0 aliphatic carbocycles. The Kier molecular flexibility index (Phi) is 4.35. The number of aromatic nitrogens is 1. The molecule has 0 atom stereocenters. The molecule has 2 aromatic rings. The van der Waals surface area contributed by atoms with Crippen LogP contribution in [0.15, 0.2) is 24.3 Å². The molecule has 108 valence electrons. The van der Waals surface area contributed by atoms with E-state index >= 15 is 0 Å². The number of pyridine rings is 1. The van der Waals surface area contributed by atoms with Crippen LogP contribution in [0.5, 0.6) is 11.6 Å². The van der Waals surface area contributed by atoms with Gasteiger partial charge in [0.1, 0.15) is 11.8 Å². The van der Waals surface area contributed by atoms with Crippen molar-refractivity contribution in [1.82, 2.24) is 4.98 Å². The van der Waals surface area contributed by atoms with Gasteiger partial charge in [0.15, 0.2) is 5.69 Å². The van der Waals surface area contributed by atoms with Crippen molar-refractivity contribution in [3.63, 3.8) is 0 Å². The lowest BCUT2D eigenvalue weighted by Crippen LogP contribution is -1.98. The standard InChI is InChI=1S/C16H16ClN3O/c1-9(2)11-7-15(10(3)6-12(11)17)21-16-5-4-13(19)14(8-18)20-16/h4-7,9H,19H2,1-3H3. The van der Waals surface area contributed by atoms with Crippen molar-refractivity contribution in [3.8, 4) is 17.7 Å². The fraction of sp³-hybridized carbons (Fsp3) is 0.250. The molecule has 0 bridgehead atoms. The van der Waals surface area contributed by atoms with Crippen LogP contribution >= 0.6 is 11.6 Å². The van der Waals surface area contributed by atoms with Gasteiger partial charge >= 0.3 is 0 Å². The summed E-state index contributed by atoms with van der Waals surface area (Å²) in [6.45, 7) is 6.04. The van der Waals surface area contributed by atoms with Crippen molar-refractivity contribution in [1.29, 1.82) is 5.26 Å². The normalized spacial score (nSPS) is 10.5. The second-order valence-electron chi connectivity index (χ2n) is 5.10. The zero-order valence-electron chi connectivity index (χ0n) is 12.1. The summed E-state index contributed by atoms with van der Waals surface area (Å²) in [5.74, 6) is 1.29. The van der Waals surface area contributed by atoms with Crippen molar-refractivity contribution < 1.29 is 4.74 Å². The summed E-state index contributed by atoms with van der Waals surface area (Å²) in [7, 11) is 0. The Morgan fingerprint density at radius 2 is 2.05 bits per heavy atom. The summed E-state index contributed by atoms with van der Waals surface area (Å²) in [5.41, 5.74) is 8.05. The van der Waals surface area contributed by atoms with E-state index in [-0.39, 0.29) is 11.6 Å². The molecule has 0 aliphatic heterocycles. The lowest BCUT2D eigenvalue weighted by Gasteiger charge is -2.14. The first-order valence-corrected chi connectivity index (χ1v) is 6.94. The van der Waals surface area contributed by atoms with E-state index in [1.807, 2.05) is 25.1 Å². The van der Waals surface area contributed by atoms with Gasteiger partial charge in [0.25, 0.3) is 0 Å². The Morgan fingerprint density at radius 3 is 2.67 bits per heavy atom. The number of halogens is 1. The number of hydrogen-bond acceptors (Lipinski definition) is 4. The molecular weight excluding hydrogens is 286 g/mol. The molecule has 4 nitrogen and oxygen atoms in total. The van der Waals surface area contributed by atoms with E-state index in [2.05, 4.69) is 18.8 Å². The highest BCUT2D eigenvalue weighted by Crippen LogP contribution is 2.33. The maximum atomic E-state index is 8.95. The molecule has 5 heteroatoms. The highest BCUT2D eigenvalue weighted by atomic mass is 35.5. The minimum absolute atomic E-state index is 0.156. The smallest absolute Gasteiger partial charge is 0.220 e. The van der Waals surface area contributed by atoms with Crippen molar-refractivity contribution >= 4 is 17.3 Å². The third-order valence-electron chi connectivity index (χ3n) is 3.14. The predicted octanol–water partition coefficient (Wildman–Crippen LogP) is 4.41. The molecule has 2 N–H and O–H groups in total. The quantitative estimate of drug-likeness (QED) is 0.911. The van der Waals surface area contributed by atoms with Crippen molar-refractivity contribution in [2.75, 3.05) is 5.73 Å². The van der Waals surface area contributed by atoms with Crippen LogP contribution in [0.3, 0.4) is 0 Å². The van der Waals surface area contributed by atoms with Crippen LogP contribution in [-0.4, -0.2) is 4.98 Å². The molecule has 2 rings (SSSR count). The molecule has 0 amide bonds. The van der Waals surface area contributed by atoms with Crippen LogP contribution in [0.25, 0.3) is 0 Å². The first-order chi connectivity index (χ1) is 9.92. The van der Waals surface area contributed by atoms with E-state index in [4.69, 9.17) is 27.3 Å². The maximum Gasteiger partial charge on any atom is 0.220 e. The predicted molar refractivity (Wildman–Crippen MR) is 83.7 cm³/mol.